The Morgan fingerprint density at radius 2 is 1.93 bits per heavy atom. The lowest BCUT2D eigenvalue weighted by atomic mass is 9.91. The van der Waals surface area contributed by atoms with Crippen LogP contribution in [-0.2, 0) is 0 Å². The van der Waals surface area contributed by atoms with Gasteiger partial charge in [0.05, 0.1) is 0 Å². The predicted molar refractivity (Wildman–Crippen MR) is 62.5 cm³/mol. The Hall–Kier alpha value is -0.0800. The first-order valence-electron chi connectivity index (χ1n) is 6.12. The first-order valence-corrected chi connectivity index (χ1v) is 6.12. The highest BCUT2D eigenvalue weighted by Gasteiger charge is 2.19. The van der Waals surface area contributed by atoms with Crippen molar-refractivity contribution in [2.45, 2.75) is 45.6 Å². The van der Waals surface area contributed by atoms with E-state index in [1.165, 1.54) is 32.2 Å². The molecule has 1 fully saturated rings. The summed E-state index contributed by atoms with van der Waals surface area (Å²) in [7, 11) is 2.04. The highest BCUT2D eigenvalue weighted by Crippen LogP contribution is 2.19. The summed E-state index contributed by atoms with van der Waals surface area (Å²) in [6.07, 6.45) is 5.52. The minimum Gasteiger partial charge on any atom is -0.319 e. The lowest BCUT2D eigenvalue weighted by Crippen LogP contribution is -2.23. The van der Waals surface area contributed by atoms with Crippen LogP contribution in [0.1, 0.15) is 39.5 Å². The smallest absolute Gasteiger partial charge is 0.00682 e. The predicted octanol–water partition coefficient (Wildman–Crippen LogP) is 2.01. The summed E-state index contributed by atoms with van der Waals surface area (Å²) in [5.74, 6) is 1.66. The molecule has 1 rings (SSSR count). The van der Waals surface area contributed by atoms with Crippen LogP contribution in [0.4, 0.5) is 0 Å². The van der Waals surface area contributed by atoms with Crippen LogP contribution in [0.2, 0.25) is 0 Å². The van der Waals surface area contributed by atoms with Gasteiger partial charge >= 0.3 is 0 Å². The van der Waals surface area contributed by atoms with E-state index in [0.717, 1.165) is 24.4 Å². The maximum Gasteiger partial charge on any atom is 0.00682 e. The van der Waals surface area contributed by atoms with E-state index in [0.29, 0.717) is 0 Å². The van der Waals surface area contributed by atoms with Gasteiger partial charge in [-0.3, -0.25) is 0 Å². The molecule has 0 radical (unpaired) electrons. The van der Waals surface area contributed by atoms with E-state index in [4.69, 9.17) is 0 Å². The van der Waals surface area contributed by atoms with Crippen molar-refractivity contribution in [2.24, 2.45) is 11.8 Å². The van der Waals surface area contributed by atoms with Crippen molar-refractivity contribution in [3.8, 4) is 0 Å². The Bertz CT molecular complexity index is 143. The van der Waals surface area contributed by atoms with Gasteiger partial charge in [-0.15, -0.1) is 0 Å². The summed E-state index contributed by atoms with van der Waals surface area (Å²) < 4.78 is 0. The molecule has 0 aliphatic heterocycles. The van der Waals surface area contributed by atoms with Crippen LogP contribution >= 0.6 is 0 Å². The second kappa shape index (κ2) is 6.41. The average Bonchev–Trinajstić information content (AvgIpc) is 2.96. The summed E-state index contributed by atoms with van der Waals surface area (Å²) in [6, 6.07) is 0.875. The molecule has 2 atom stereocenters. The van der Waals surface area contributed by atoms with E-state index in [9.17, 15) is 0 Å². The SMILES string of the molecule is CNCC(C)C(C)CCCNC1CC1. The zero-order chi connectivity index (χ0) is 10.4. The molecule has 0 heterocycles. The summed E-state index contributed by atoms with van der Waals surface area (Å²) >= 11 is 0. The van der Waals surface area contributed by atoms with Crippen LogP contribution in [0.3, 0.4) is 0 Å². The molecule has 2 unspecified atom stereocenters. The van der Waals surface area contributed by atoms with Gasteiger partial charge in [0.25, 0.3) is 0 Å². The van der Waals surface area contributed by atoms with Crippen LogP contribution in [0.15, 0.2) is 0 Å². The molecule has 0 amide bonds. The number of hydrogen-bond donors (Lipinski definition) is 2. The van der Waals surface area contributed by atoms with Gasteiger partial charge in [0.15, 0.2) is 0 Å². The molecular formula is C12H26N2. The molecule has 2 heteroatoms. The van der Waals surface area contributed by atoms with Crippen molar-refractivity contribution in [2.75, 3.05) is 20.1 Å². The fourth-order valence-electron chi connectivity index (χ4n) is 1.83. The van der Waals surface area contributed by atoms with E-state index < -0.39 is 0 Å². The van der Waals surface area contributed by atoms with Crippen molar-refractivity contribution in [1.29, 1.82) is 0 Å². The molecule has 0 spiro atoms. The lowest BCUT2D eigenvalue weighted by molar-refractivity contribution is 0.345. The lowest BCUT2D eigenvalue weighted by Gasteiger charge is -2.19. The van der Waals surface area contributed by atoms with E-state index >= 15 is 0 Å². The monoisotopic (exact) mass is 198 g/mol. The van der Waals surface area contributed by atoms with Crippen LogP contribution in [-0.4, -0.2) is 26.2 Å². The zero-order valence-electron chi connectivity index (χ0n) is 9.97. The minimum atomic E-state index is 0.806. The van der Waals surface area contributed by atoms with E-state index in [1.54, 1.807) is 0 Å². The van der Waals surface area contributed by atoms with Crippen LogP contribution in [0.5, 0.6) is 0 Å². The summed E-state index contributed by atoms with van der Waals surface area (Å²) in [4.78, 5) is 0. The number of hydrogen-bond acceptors (Lipinski definition) is 2. The molecule has 1 aliphatic rings. The van der Waals surface area contributed by atoms with Crippen LogP contribution in [0, 0.1) is 11.8 Å². The number of rotatable bonds is 8. The maximum atomic E-state index is 3.57. The normalized spacial score (nSPS) is 20.8. The second-order valence-corrected chi connectivity index (χ2v) is 4.88. The Kier molecular flexibility index (Phi) is 5.49. The van der Waals surface area contributed by atoms with Gasteiger partial charge in [0, 0.05) is 6.04 Å². The molecule has 1 aliphatic carbocycles. The summed E-state index contributed by atoms with van der Waals surface area (Å²) in [5.41, 5.74) is 0. The highest BCUT2D eigenvalue weighted by atomic mass is 14.9. The molecule has 0 bridgehead atoms. The Morgan fingerprint density at radius 1 is 1.21 bits per heavy atom. The fraction of sp³-hybridized carbons (Fsp3) is 1.00. The average molecular weight is 198 g/mol. The highest BCUT2D eigenvalue weighted by molar-refractivity contribution is 4.80. The van der Waals surface area contributed by atoms with Gasteiger partial charge in [-0.2, -0.15) is 0 Å². The standard InChI is InChI=1S/C12H26N2/c1-10(11(2)9-13-3)5-4-8-14-12-6-7-12/h10-14H,4-9H2,1-3H3. The van der Waals surface area contributed by atoms with Gasteiger partial charge in [-0.25, -0.2) is 0 Å². The molecule has 1 saturated carbocycles. The van der Waals surface area contributed by atoms with E-state index in [-0.39, 0.29) is 0 Å². The van der Waals surface area contributed by atoms with Gasteiger partial charge < -0.3 is 10.6 Å². The molecule has 2 nitrogen and oxygen atoms in total. The van der Waals surface area contributed by atoms with Crippen molar-refractivity contribution in [1.82, 2.24) is 10.6 Å². The quantitative estimate of drug-likeness (QED) is 0.583. The Balaban J connectivity index is 1.92. The largest absolute Gasteiger partial charge is 0.319 e. The molecule has 14 heavy (non-hydrogen) atoms. The van der Waals surface area contributed by atoms with Crippen molar-refractivity contribution in [3.63, 3.8) is 0 Å². The molecule has 0 aromatic heterocycles. The first-order chi connectivity index (χ1) is 6.74. The molecule has 84 valence electrons. The van der Waals surface area contributed by atoms with Crippen LogP contribution in [0.25, 0.3) is 0 Å². The first kappa shape index (κ1) is 12.0. The summed E-state index contributed by atoms with van der Waals surface area (Å²) in [6.45, 7) is 7.09. The summed E-state index contributed by atoms with van der Waals surface area (Å²) in [5, 5.41) is 6.82. The van der Waals surface area contributed by atoms with Crippen LogP contribution < -0.4 is 10.6 Å². The van der Waals surface area contributed by atoms with Gasteiger partial charge in [-0.05, 0) is 57.7 Å². The molecule has 2 N–H and O–H groups in total. The fourth-order valence-corrected chi connectivity index (χ4v) is 1.83. The maximum absolute atomic E-state index is 3.57. The molecular weight excluding hydrogens is 172 g/mol. The van der Waals surface area contributed by atoms with Crippen molar-refractivity contribution < 1.29 is 0 Å². The third-order valence-corrected chi connectivity index (χ3v) is 3.34. The van der Waals surface area contributed by atoms with E-state index in [2.05, 4.69) is 24.5 Å². The second-order valence-electron chi connectivity index (χ2n) is 4.88. The Labute approximate surface area is 88.8 Å². The molecule has 0 saturated heterocycles. The third kappa shape index (κ3) is 4.97. The zero-order valence-corrected chi connectivity index (χ0v) is 9.97. The third-order valence-electron chi connectivity index (χ3n) is 3.34. The molecule has 0 aromatic rings. The van der Waals surface area contributed by atoms with Gasteiger partial charge in [0.2, 0.25) is 0 Å². The van der Waals surface area contributed by atoms with Gasteiger partial charge in [-0.1, -0.05) is 13.8 Å². The topological polar surface area (TPSA) is 24.1 Å². The van der Waals surface area contributed by atoms with Gasteiger partial charge in [0.1, 0.15) is 0 Å². The Morgan fingerprint density at radius 3 is 2.50 bits per heavy atom. The number of nitrogens with one attached hydrogen (secondary N) is 2. The molecule has 0 aromatic carbocycles. The van der Waals surface area contributed by atoms with Crippen molar-refractivity contribution in [3.05, 3.63) is 0 Å². The minimum absolute atomic E-state index is 0.806. The van der Waals surface area contributed by atoms with E-state index in [1.807, 2.05) is 7.05 Å². The van der Waals surface area contributed by atoms with Crippen molar-refractivity contribution >= 4 is 0 Å².